The van der Waals surface area contributed by atoms with Crippen LogP contribution in [-0.2, 0) is 0 Å². The molecule has 1 rings (SSSR count). The monoisotopic (exact) mass is 155 g/mol. The molecule has 0 bridgehead atoms. The Bertz CT molecular complexity index is 276. The van der Waals surface area contributed by atoms with Gasteiger partial charge in [-0.05, 0) is 17.9 Å². The number of halogens is 2. The molecule has 58 valence electrons. The van der Waals surface area contributed by atoms with Crippen LogP contribution < -0.4 is 5.32 Å². The molecular weight excluding hydrogens is 148 g/mol. The predicted molar refractivity (Wildman–Crippen MR) is 38.3 cm³/mol. The van der Waals surface area contributed by atoms with Crippen LogP contribution in [0.5, 0.6) is 0 Å². The van der Waals surface area contributed by atoms with Crippen LogP contribution in [0.25, 0.3) is 0 Å². The van der Waals surface area contributed by atoms with Gasteiger partial charge in [0.05, 0.1) is 11.3 Å². The van der Waals surface area contributed by atoms with E-state index in [1.54, 1.807) is 7.05 Å². The third-order valence-corrected chi connectivity index (χ3v) is 1.28. The number of hydrogen-bond donors (Lipinski definition) is 1. The van der Waals surface area contributed by atoms with Crippen molar-refractivity contribution < 1.29 is 8.78 Å². The van der Waals surface area contributed by atoms with Gasteiger partial charge in [0.2, 0.25) is 0 Å². The summed E-state index contributed by atoms with van der Waals surface area (Å²) in [5.41, 5.74) is 5.44. The lowest BCUT2D eigenvalue weighted by Crippen LogP contribution is -2.03. The molecule has 0 fully saturated rings. The van der Waals surface area contributed by atoms with Crippen LogP contribution in [-0.4, -0.2) is 13.5 Å². The second-order valence-corrected chi connectivity index (χ2v) is 2.00. The Hall–Kier alpha value is -1.30. The molecule has 1 N–H and O–H groups in total. The van der Waals surface area contributed by atoms with Gasteiger partial charge in [-0.2, -0.15) is 0 Å². The Balaban J connectivity index is 2.97. The van der Waals surface area contributed by atoms with Crippen molar-refractivity contribution in [3.05, 3.63) is 34.9 Å². The highest BCUT2D eigenvalue weighted by Gasteiger charge is 2.07. The lowest BCUT2D eigenvalue weighted by atomic mass is 10.2. The molecule has 0 amide bonds. The number of alkyl halides is 2. The summed E-state index contributed by atoms with van der Waals surface area (Å²) in [7, 11) is 1.70. The number of allylic oxidation sites excluding steroid dienone is 3. The quantitative estimate of drug-likeness (QED) is 0.597. The maximum absolute atomic E-state index is 11.9. The first-order valence-corrected chi connectivity index (χ1v) is 3.14. The van der Waals surface area contributed by atoms with Gasteiger partial charge in [-0.1, -0.05) is 5.73 Å². The first-order chi connectivity index (χ1) is 5.24. The largest absolute Gasteiger partial charge is 0.381 e. The van der Waals surface area contributed by atoms with E-state index in [4.69, 9.17) is 0 Å². The Morgan fingerprint density at radius 1 is 1.36 bits per heavy atom. The van der Waals surface area contributed by atoms with Crippen LogP contribution in [0.15, 0.2) is 34.9 Å². The maximum atomic E-state index is 11.9. The van der Waals surface area contributed by atoms with Gasteiger partial charge >= 0.3 is 0 Å². The molecule has 1 aliphatic rings. The minimum Gasteiger partial charge on any atom is -0.381 e. The van der Waals surface area contributed by atoms with Gasteiger partial charge in [-0.3, -0.25) is 0 Å². The molecule has 0 radical (unpaired) electrons. The van der Waals surface area contributed by atoms with Gasteiger partial charge in [0.1, 0.15) is 0 Å². The number of likely N-dealkylation sites (N-methyl/N-ethyl adjacent to an activating group) is 1. The zero-order chi connectivity index (χ0) is 8.27. The molecule has 0 aliphatic heterocycles. The molecule has 0 heterocycles. The zero-order valence-electron chi connectivity index (χ0n) is 5.99. The van der Waals surface area contributed by atoms with Crippen molar-refractivity contribution in [1.82, 2.24) is 5.32 Å². The molecule has 0 unspecified atom stereocenters. The van der Waals surface area contributed by atoms with E-state index >= 15 is 0 Å². The van der Waals surface area contributed by atoms with E-state index in [1.807, 2.05) is 0 Å². The Morgan fingerprint density at radius 2 is 2.09 bits per heavy atom. The van der Waals surface area contributed by atoms with E-state index in [1.165, 1.54) is 12.2 Å². The molecule has 0 atom stereocenters. The van der Waals surface area contributed by atoms with Crippen molar-refractivity contribution in [2.45, 2.75) is 6.43 Å². The number of rotatable bonds is 2. The van der Waals surface area contributed by atoms with Gasteiger partial charge < -0.3 is 5.32 Å². The average Bonchev–Trinajstić information content (AvgIpc) is 2.05. The highest BCUT2D eigenvalue weighted by molar-refractivity contribution is 5.32. The summed E-state index contributed by atoms with van der Waals surface area (Å²) >= 11 is 0. The maximum Gasteiger partial charge on any atom is 0.271 e. The van der Waals surface area contributed by atoms with Crippen molar-refractivity contribution in [3.63, 3.8) is 0 Å². The van der Waals surface area contributed by atoms with Crippen molar-refractivity contribution in [1.29, 1.82) is 0 Å². The molecule has 0 saturated carbocycles. The first kappa shape index (κ1) is 7.80. The molecule has 3 heteroatoms. The normalized spacial score (nSPS) is 14.9. The fourth-order valence-electron chi connectivity index (χ4n) is 0.669. The van der Waals surface area contributed by atoms with E-state index in [0.717, 1.165) is 0 Å². The molecular formula is C8H7F2N. The molecule has 0 aromatic carbocycles. The van der Waals surface area contributed by atoms with Crippen LogP contribution >= 0.6 is 0 Å². The van der Waals surface area contributed by atoms with E-state index in [9.17, 15) is 8.78 Å². The van der Waals surface area contributed by atoms with Gasteiger partial charge in [0.15, 0.2) is 0 Å². The van der Waals surface area contributed by atoms with Gasteiger partial charge in [-0.25, -0.2) is 8.78 Å². The van der Waals surface area contributed by atoms with Crippen molar-refractivity contribution in [3.8, 4) is 0 Å². The molecule has 0 aromatic rings. The molecule has 11 heavy (non-hydrogen) atoms. The molecule has 1 aliphatic carbocycles. The molecule has 1 nitrogen and oxygen atoms in total. The van der Waals surface area contributed by atoms with Crippen LogP contribution in [0.4, 0.5) is 8.78 Å². The van der Waals surface area contributed by atoms with Crippen LogP contribution in [0.3, 0.4) is 0 Å². The second-order valence-electron chi connectivity index (χ2n) is 2.00. The fourth-order valence-corrected chi connectivity index (χ4v) is 0.669. The third kappa shape index (κ3) is 1.81. The van der Waals surface area contributed by atoms with Crippen molar-refractivity contribution in [2.24, 2.45) is 0 Å². The topological polar surface area (TPSA) is 12.0 Å². The van der Waals surface area contributed by atoms with Crippen LogP contribution in [0.1, 0.15) is 0 Å². The summed E-state index contributed by atoms with van der Waals surface area (Å²) < 4.78 is 23.9. The Labute approximate surface area is 63.4 Å². The fraction of sp³-hybridized carbons (Fsp3) is 0.250. The van der Waals surface area contributed by atoms with Crippen molar-refractivity contribution >= 4 is 0 Å². The molecule has 0 aromatic heterocycles. The van der Waals surface area contributed by atoms with Crippen LogP contribution in [0, 0.1) is 0 Å². The Kier molecular flexibility index (Phi) is 2.27. The second kappa shape index (κ2) is 3.20. The van der Waals surface area contributed by atoms with E-state index in [-0.39, 0.29) is 5.57 Å². The number of hydrogen-bond acceptors (Lipinski definition) is 1. The zero-order valence-corrected chi connectivity index (χ0v) is 5.99. The van der Waals surface area contributed by atoms with Crippen LogP contribution in [0.2, 0.25) is 0 Å². The smallest absolute Gasteiger partial charge is 0.271 e. The molecule has 0 saturated heterocycles. The highest BCUT2D eigenvalue weighted by Crippen LogP contribution is 2.11. The highest BCUT2D eigenvalue weighted by atomic mass is 19.3. The minimum absolute atomic E-state index is 0.121. The van der Waals surface area contributed by atoms with E-state index in [0.29, 0.717) is 5.70 Å². The Morgan fingerprint density at radius 3 is 2.45 bits per heavy atom. The van der Waals surface area contributed by atoms with E-state index in [2.05, 4.69) is 16.8 Å². The summed E-state index contributed by atoms with van der Waals surface area (Å²) in [6, 6.07) is 0. The standard InChI is InChI=1S/C8H7F2N/c1-11-7-4-2-6(3-5-7)8(9)10/h2,4,8,11H,1H3. The van der Waals surface area contributed by atoms with E-state index < -0.39 is 6.43 Å². The minimum atomic E-state index is -2.46. The van der Waals surface area contributed by atoms with Gasteiger partial charge in [0, 0.05) is 7.05 Å². The summed E-state index contributed by atoms with van der Waals surface area (Å²) in [5.74, 6) is 0. The number of nitrogens with one attached hydrogen (secondary N) is 1. The lowest BCUT2D eigenvalue weighted by Gasteiger charge is -2.00. The van der Waals surface area contributed by atoms with Gasteiger partial charge in [0.25, 0.3) is 6.43 Å². The first-order valence-electron chi connectivity index (χ1n) is 3.14. The van der Waals surface area contributed by atoms with Crippen molar-refractivity contribution in [2.75, 3.05) is 7.05 Å². The third-order valence-electron chi connectivity index (χ3n) is 1.28. The predicted octanol–water partition coefficient (Wildman–Crippen LogP) is 1.60. The SMILES string of the molecule is CNC1=C=C=C(C(F)F)C=C1. The van der Waals surface area contributed by atoms with Gasteiger partial charge in [-0.15, -0.1) is 0 Å². The summed E-state index contributed by atoms with van der Waals surface area (Å²) in [6.45, 7) is 0. The summed E-state index contributed by atoms with van der Waals surface area (Å²) in [6.07, 6.45) is 0.405. The molecule has 0 spiro atoms. The average molecular weight is 155 g/mol. The lowest BCUT2D eigenvalue weighted by molar-refractivity contribution is 0.194. The summed E-state index contributed by atoms with van der Waals surface area (Å²) in [5, 5.41) is 2.76. The summed E-state index contributed by atoms with van der Waals surface area (Å²) in [4.78, 5) is 0.